The van der Waals surface area contributed by atoms with Crippen molar-refractivity contribution in [2.45, 2.75) is 12.2 Å². The molecule has 0 aromatic carbocycles. The first-order chi connectivity index (χ1) is 6.19. The summed E-state index contributed by atoms with van der Waals surface area (Å²) in [6.07, 6.45) is -0.786. The van der Waals surface area contributed by atoms with Crippen molar-refractivity contribution in [2.75, 3.05) is 33.8 Å². The van der Waals surface area contributed by atoms with Gasteiger partial charge in [0, 0.05) is 20.2 Å². The molecule has 1 aliphatic rings. The first-order valence-corrected chi connectivity index (χ1v) is 4.32. The lowest BCUT2D eigenvalue weighted by Crippen LogP contribution is -2.36. The highest BCUT2D eigenvalue weighted by atomic mass is 16.5. The summed E-state index contributed by atoms with van der Waals surface area (Å²) < 4.78 is 5.02. The molecule has 2 N–H and O–H groups in total. The molecule has 0 radical (unpaired) electrons. The van der Waals surface area contributed by atoms with Crippen LogP contribution in [0.4, 0.5) is 0 Å². The van der Waals surface area contributed by atoms with E-state index in [9.17, 15) is 9.90 Å². The monoisotopic (exact) mass is 188 g/mol. The molecule has 1 amide bonds. The number of hydrogen-bond donors (Lipinski definition) is 2. The number of hydrogen-bond acceptors (Lipinski definition) is 4. The van der Waals surface area contributed by atoms with Crippen LogP contribution in [0.1, 0.15) is 0 Å². The first kappa shape index (κ1) is 10.4. The van der Waals surface area contributed by atoms with Gasteiger partial charge in [0.1, 0.15) is 6.10 Å². The summed E-state index contributed by atoms with van der Waals surface area (Å²) in [6.45, 7) is 1.17. The molecular weight excluding hydrogens is 172 g/mol. The van der Waals surface area contributed by atoms with Crippen LogP contribution in [0, 0.1) is 0 Å². The van der Waals surface area contributed by atoms with E-state index in [2.05, 4.69) is 5.32 Å². The van der Waals surface area contributed by atoms with Gasteiger partial charge in [0.15, 0.2) is 0 Å². The predicted octanol–water partition coefficient (Wildman–Crippen LogP) is -1.58. The fourth-order valence-electron chi connectivity index (χ4n) is 1.46. The molecule has 76 valence electrons. The van der Waals surface area contributed by atoms with Crippen LogP contribution in [0.2, 0.25) is 0 Å². The minimum Gasteiger partial charge on any atom is -0.388 e. The number of aliphatic hydroxyl groups excluding tert-OH is 1. The largest absolute Gasteiger partial charge is 0.388 e. The summed E-state index contributed by atoms with van der Waals surface area (Å²) in [5.41, 5.74) is 0. The minimum atomic E-state index is -0.550. The molecule has 13 heavy (non-hydrogen) atoms. The summed E-state index contributed by atoms with van der Waals surface area (Å²) >= 11 is 0. The number of aliphatic hydroxyl groups is 1. The van der Waals surface area contributed by atoms with E-state index in [4.69, 9.17) is 4.74 Å². The normalized spacial score (nSPS) is 28.1. The van der Waals surface area contributed by atoms with Gasteiger partial charge in [-0.05, 0) is 7.05 Å². The zero-order valence-corrected chi connectivity index (χ0v) is 7.99. The van der Waals surface area contributed by atoms with Gasteiger partial charge in [-0.2, -0.15) is 0 Å². The van der Waals surface area contributed by atoms with Gasteiger partial charge in [-0.25, -0.2) is 0 Å². The van der Waals surface area contributed by atoms with Crippen molar-refractivity contribution in [3.05, 3.63) is 0 Å². The Labute approximate surface area is 77.7 Å². The molecule has 0 aromatic heterocycles. The Morgan fingerprint density at radius 3 is 2.85 bits per heavy atom. The van der Waals surface area contributed by atoms with E-state index in [0.717, 1.165) is 0 Å². The number of β-amino-alcohol motifs (C(OH)–C–C–N with tert-alkyl or cyclic N) is 1. The van der Waals surface area contributed by atoms with E-state index in [-0.39, 0.29) is 12.0 Å². The van der Waals surface area contributed by atoms with Gasteiger partial charge in [0.25, 0.3) is 0 Å². The van der Waals surface area contributed by atoms with E-state index in [0.29, 0.717) is 19.6 Å². The topological polar surface area (TPSA) is 61.8 Å². The summed E-state index contributed by atoms with van der Waals surface area (Å²) in [7, 11) is 3.26. The quantitative estimate of drug-likeness (QED) is 0.561. The number of likely N-dealkylation sites (tertiary alicyclic amines) is 1. The van der Waals surface area contributed by atoms with Crippen molar-refractivity contribution in [1.82, 2.24) is 10.2 Å². The van der Waals surface area contributed by atoms with Gasteiger partial charge in [-0.1, -0.05) is 0 Å². The molecule has 0 bridgehead atoms. The van der Waals surface area contributed by atoms with Crippen molar-refractivity contribution in [2.24, 2.45) is 0 Å². The van der Waals surface area contributed by atoms with Crippen LogP contribution in [0.25, 0.3) is 0 Å². The van der Waals surface area contributed by atoms with E-state index < -0.39 is 6.10 Å². The third-order valence-electron chi connectivity index (χ3n) is 2.22. The molecule has 5 nitrogen and oxygen atoms in total. The van der Waals surface area contributed by atoms with Crippen LogP contribution in [-0.2, 0) is 9.53 Å². The third kappa shape index (κ3) is 2.40. The van der Waals surface area contributed by atoms with Crippen LogP contribution < -0.4 is 5.32 Å². The molecule has 5 heteroatoms. The number of nitrogens with one attached hydrogen (secondary N) is 1. The Balaban J connectivity index is 2.43. The smallest absolute Gasteiger partial charge is 0.236 e. The van der Waals surface area contributed by atoms with E-state index in [1.807, 2.05) is 0 Å². The SMILES string of the molecule is CNCC(=O)N1C[C@@H](O)[C@@H](OC)C1. The molecule has 0 aliphatic carbocycles. The van der Waals surface area contributed by atoms with E-state index >= 15 is 0 Å². The molecule has 0 saturated carbocycles. The number of rotatable bonds is 3. The molecule has 1 fully saturated rings. The summed E-state index contributed by atoms with van der Waals surface area (Å²) in [5.74, 6) is 0.00102. The van der Waals surface area contributed by atoms with Crippen molar-refractivity contribution >= 4 is 5.91 Å². The molecule has 2 atom stereocenters. The van der Waals surface area contributed by atoms with Gasteiger partial charge >= 0.3 is 0 Å². The molecule has 0 spiro atoms. The molecule has 1 rings (SSSR count). The Kier molecular flexibility index (Phi) is 3.65. The van der Waals surface area contributed by atoms with Crippen molar-refractivity contribution in [3.63, 3.8) is 0 Å². The van der Waals surface area contributed by atoms with Crippen LogP contribution >= 0.6 is 0 Å². The fraction of sp³-hybridized carbons (Fsp3) is 0.875. The number of amides is 1. The lowest BCUT2D eigenvalue weighted by atomic mass is 10.3. The average molecular weight is 188 g/mol. The lowest BCUT2D eigenvalue weighted by molar-refractivity contribution is -0.129. The second-order valence-corrected chi connectivity index (χ2v) is 3.17. The summed E-state index contributed by atoms with van der Waals surface area (Å²) in [6, 6.07) is 0. The molecule has 0 aromatic rings. The Morgan fingerprint density at radius 2 is 2.38 bits per heavy atom. The molecule has 1 heterocycles. The molecule has 0 unspecified atom stereocenters. The number of carbonyl (C=O) groups is 1. The van der Waals surface area contributed by atoms with Gasteiger partial charge in [0.2, 0.25) is 5.91 Å². The van der Waals surface area contributed by atoms with Gasteiger partial charge < -0.3 is 20.1 Å². The maximum absolute atomic E-state index is 11.3. The van der Waals surface area contributed by atoms with Crippen molar-refractivity contribution in [1.29, 1.82) is 0 Å². The minimum absolute atomic E-state index is 0.00102. The van der Waals surface area contributed by atoms with Crippen molar-refractivity contribution in [3.8, 4) is 0 Å². The van der Waals surface area contributed by atoms with Gasteiger partial charge in [-0.15, -0.1) is 0 Å². The Hall–Kier alpha value is -0.650. The Morgan fingerprint density at radius 1 is 1.69 bits per heavy atom. The second-order valence-electron chi connectivity index (χ2n) is 3.17. The maximum atomic E-state index is 11.3. The number of nitrogens with zero attached hydrogens (tertiary/aromatic N) is 1. The second kappa shape index (κ2) is 4.55. The number of carbonyl (C=O) groups excluding carboxylic acids is 1. The van der Waals surface area contributed by atoms with Crippen LogP contribution in [0.5, 0.6) is 0 Å². The van der Waals surface area contributed by atoms with Crippen LogP contribution in [0.3, 0.4) is 0 Å². The van der Waals surface area contributed by atoms with Crippen LogP contribution in [0.15, 0.2) is 0 Å². The zero-order valence-electron chi connectivity index (χ0n) is 7.99. The number of likely N-dealkylation sites (N-methyl/N-ethyl adjacent to an activating group) is 1. The molecule has 1 aliphatic heterocycles. The van der Waals surface area contributed by atoms with Crippen LogP contribution in [-0.4, -0.2) is 61.9 Å². The molecular formula is C8H16N2O3. The fourth-order valence-corrected chi connectivity index (χ4v) is 1.46. The van der Waals surface area contributed by atoms with Gasteiger partial charge in [-0.3, -0.25) is 4.79 Å². The first-order valence-electron chi connectivity index (χ1n) is 4.32. The van der Waals surface area contributed by atoms with E-state index in [1.54, 1.807) is 19.1 Å². The molecule has 1 saturated heterocycles. The lowest BCUT2D eigenvalue weighted by Gasteiger charge is -2.14. The van der Waals surface area contributed by atoms with E-state index in [1.165, 1.54) is 0 Å². The predicted molar refractivity (Wildman–Crippen MR) is 47.3 cm³/mol. The highest BCUT2D eigenvalue weighted by molar-refractivity contribution is 5.78. The third-order valence-corrected chi connectivity index (χ3v) is 2.22. The maximum Gasteiger partial charge on any atom is 0.236 e. The standard InChI is InChI=1S/C8H16N2O3/c1-9-3-8(12)10-4-6(11)7(5-10)13-2/h6-7,9,11H,3-5H2,1-2H3/t6-,7+/m1/s1. The summed E-state index contributed by atoms with van der Waals surface area (Å²) in [4.78, 5) is 13.0. The number of methoxy groups -OCH3 is 1. The number of ether oxygens (including phenoxy) is 1. The zero-order chi connectivity index (χ0) is 9.84. The van der Waals surface area contributed by atoms with Gasteiger partial charge in [0.05, 0.1) is 12.6 Å². The Bertz CT molecular complexity index is 186. The highest BCUT2D eigenvalue weighted by Crippen LogP contribution is 2.12. The summed E-state index contributed by atoms with van der Waals surface area (Å²) in [5, 5.41) is 12.2. The van der Waals surface area contributed by atoms with Crippen molar-refractivity contribution < 1.29 is 14.6 Å². The highest BCUT2D eigenvalue weighted by Gasteiger charge is 2.33. The average Bonchev–Trinajstić information content (AvgIpc) is 2.47.